The lowest BCUT2D eigenvalue weighted by molar-refractivity contribution is -0.379. The van der Waals surface area contributed by atoms with Gasteiger partial charge in [-0.1, -0.05) is 13.8 Å². The molecular formula is C13H31O20P5. The van der Waals surface area contributed by atoms with E-state index in [1.54, 1.807) is 0 Å². The summed E-state index contributed by atoms with van der Waals surface area (Å²) in [4.78, 5) is 97.2. The summed E-state index contributed by atoms with van der Waals surface area (Å²) in [6.45, 7) is 4.57. The normalized spacial score (nSPS) is 37.3. The van der Waals surface area contributed by atoms with E-state index >= 15 is 0 Å². The van der Waals surface area contributed by atoms with E-state index < -0.39 is 72.5 Å². The van der Waals surface area contributed by atoms with Crippen molar-refractivity contribution in [1.82, 2.24) is 0 Å². The fourth-order valence-electron chi connectivity index (χ4n) is 5.13. The van der Waals surface area contributed by atoms with Crippen LogP contribution in [-0.2, 0) is 45.4 Å². The Morgan fingerprint density at radius 1 is 0.342 bits per heavy atom. The molecule has 0 bridgehead atoms. The Hall–Kier alpha value is 0.550. The Morgan fingerprint density at radius 3 is 0.632 bits per heavy atom. The summed E-state index contributed by atoms with van der Waals surface area (Å²) in [5.41, 5.74) is -18.9. The van der Waals surface area contributed by atoms with Crippen molar-refractivity contribution in [3.8, 4) is 0 Å². The van der Waals surface area contributed by atoms with Crippen LogP contribution in [0, 0.1) is 5.41 Å². The fourth-order valence-corrected chi connectivity index (χ4v) is 9.36. The molecule has 1 rings (SSSR count). The number of rotatable bonds is 10. The van der Waals surface area contributed by atoms with E-state index in [9.17, 15) is 71.8 Å². The van der Waals surface area contributed by atoms with E-state index in [4.69, 9.17) is 22.6 Å². The third-order valence-corrected chi connectivity index (χ3v) is 10.5. The summed E-state index contributed by atoms with van der Waals surface area (Å²) in [7, 11) is -29.6. The molecule has 1 saturated carbocycles. The lowest BCUT2D eigenvalue weighted by Gasteiger charge is -2.73. The molecule has 1 aliphatic carbocycles. The minimum Gasteiger partial charge on any atom is -0.303 e. The molecule has 25 heteroatoms. The molecule has 4 atom stereocenters. The predicted molar refractivity (Wildman–Crippen MR) is 121 cm³/mol. The van der Waals surface area contributed by atoms with Crippen molar-refractivity contribution in [2.45, 2.75) is 76.5 Å². The third-order valence-electron chi connectivity index (χ3n) is 7.53. The molecule has 228 valence electrons. The maximum atomic E-state index is 12.1. The van der Waals surface area contributed by atoms with Gasteiger partial charge in [0, 0.05) is 5.41 Å². The second-order valence-electron chi connectivity index (χ2n) is 9.70. The van der Waals surface area contributed by atoms with Gasteiger partial charge in [0.05, 0.1) is 0 Å². The largest absolute Gasteiger partial charge is 0.470 e. The number of hydrogen-bond acceptors (Lipinski definition) is 10. The van der Waals surface area contributed by atoms with Gasteiger partial charge in [0.1, 0.15) is 28.0 Å². The van der Waals surface area contributed by atoms with Crippen molar-refractivity contribution in [2.75, 3.05) is 0 Å². The molecule has 0 aliphatic heterocycles. The monoisotopic (exact) mass is 662 g/mol. The maximum Gasteiger partial charge on any atom is 0.470 e. The summed E-state index contributed by atoms with van der Waals surface area (Å²) in [6, 6.07) is 0. The molecule has 0 aromatic heterocycles. The molecule has 0 aromatic rings. The Bertz CT molecular complexity index is 1100. The Kier molecular flexibility index (Phi) is 9.43. The van der Waals surface area contributed by atoms with Crippen LogP contribution in [0.1, 0.15) is 48.5 Å². The van der Waals surface area contributed by atoms with Crippen molar-refractivity contribution >= 4 is 39.1 Å². The molecular weight excluding hydrogens is 631 g/mol. The van der Waals surface area contributed by atoms with Crippen LogP contribution in [-0.4, -0.2) is 76.9 Å². The highest BCUT2D eigenvalue weighted by Crippen LogP contribution is 2.76. The van der Waals surface area contributed by atoms with Gasteiger partial charge in [0.25, 0.3) is 0 Å². The lowest BCUT2D eigenvalue weighted by atomic mass is 9.43. The number of phosphoric ester groups is 5. The summed E-state index contributed by atoms with van der Waals surface area (Å²) < 4.78 is 84.7. The van der Waals surface area contributed by atoms with E-state index in [0.717, 1.165) is 13.8 Å². The van der Waals surface area contributed by atoms with Crippen molar-refractivity contribution in [1.29, 1.82) is 0 Å². The van der Waals surface area contributed by atoms with E-state index in [1.165, 1.54) is 0 Å². The van der Waals surface area contributed by atoms with Gasteiger partial charge in [-0.05, 0) is 34.6 Å². The molecule has 0 radical (unpaired) electrons. The molecule has 0 saturated heterocycles. The molecule has 4 unspecified atom stereocenters. The molecule has 1 aliphatic rings. The van der Waals surface area contributed by atoms with E-state index in [1.807, 2.05) is 0 Å². The van der Waals surface area contributed by atoms with Gasteiger partial charge in [-0.3, -0.25) is 22.6 Å². The van der Waals surface area contributed by atoms with E-state index in [2.05, 4.69) is 0 Å². The first-order valence-corrected chi connectivity index (χ1v) is 17.5. The zero-order valence-electron chi connectivity index (χ0n) is 20.8. The van der Waals surface area contributed by atoms with Crippen molar-refractivity contribution in [2.24, 2.45) is 5.41 Å². The average Bonchev–Trinajstić information content (AvgIpc) is 2.52. The highest BCUT2D eigenvalue weighted by molar-refractivity contribution is 7.47. The molecule has 1 fully saturated rings. The van der Waals surface area contributed by atoms with Crippen molar-refractivity contribution < 1.29 is 94.4 Å². The average molecular weight is 662 g/mol. The van der Waals surface area contributed by atoms with Crippen LogP contribution in [0.25, 0.3) is 0 Å². The zero-order valence-corrected chi connectivity index (χ0v) is 25.3. The van der Waals surface area contributed by atoms with Crippen LogP contribution in [0.15, 0.2) is 0 Å². The minimum atomic E-state index is -6.01. The van der Waals surface area contributed by atoms with Crippen LogP contribution in [0.4, 0.5) is 0 Å². The second-order valence-corrected chi connectivity index (χ2v) is 15.5. The van der Waals surface area contributed by atoms with Crippen molar-refractivity contribution in [3.05, 3.63) is 0 Å². The van der Waals surface area contributed by atoms with E-state index in [0.29, 0.717) is 34.6 Å². The van der Waals surface area contributed by atoms with Gasteiger partial charge < -0.3 is 48.9 Å². The van der Waals surface area contributed by atoms with Crippen LogP contribution in [0.2, 0.25) is 0 Å². The maximum absolute atomic E-state index is 12.1. The quantitative estimate of drug-likeness (QED) is 0.141. The SMILES string of the molecule is CC1(C)C(C)(OP(=O)(O)O)C(C)(OP(=O)(O)O)C(C)(OP(=O)(O)O)C(C)(OP(=O)(O)O)C1(C)OP(=O)(O)O. The van der Waals surface area contributed by atoms with Gasteiger partial charge in [-0.15, -0.1) is 0 Å². The van der Waals surface area contributed by atoms with Gasteiger partial charge in [0.2, 0.25) is 0 Å². The Morgan fingerprint density at radius 2 is 0.474 bits per heavy atom. The first-order chi connectivity index (χ1) is 16.0. The summed E-state index contributed by atoms with van der Waals surface area (Å²) >= 11 is 0. The summed E-state index contributed by atoms with van der Waals surface area (Å²) in [5, 5.41) is 0. The van der Waals surface area contributed by atoms with Crippen LogP contribution >= 0.6 is 39.1 Å². The highest BCUT2D eigenvalue weighted by atomic mass is 31.2. The Balaban J connectivity index is 4.67. The molecule has 38 heavy (non-hydrogen) atoms. The smallest absolute Gasteiger partial charge is 0.303 e. The summed E-state index contributed by atoms with van der Waals surface area (Å²) in [5.74, 6) is 0. The highest BCUT2D eigenvalue weighted by Gasteiger charge is 2.87. The molecule has 0 heterocycles. The van der Waals surface area contributed by atoms with Gasteiger partial charge in [-0.2, -0.15) is 0 Å². The van der Waals surface area contributed by atoms with Gasteiger partial charge >= 0.3 is 39.1 Å². The molecule has 20 nitrogen and oxygen atoms in total. The van der Waals surface area contributed by atoms with Gasteiger partial charge in [0.15, 0.2) is 0 Å². The molecule has 0 aromatic carbocycles. The zero-order chi connectivity index (χ0) is 31.0. The molecule has 0 amide bonds. The summed E-state index contributed by atoms with van der Waals surface area (Å²) in [6.07, 6.45) is 0. The third kappa shape index (κ3) is 6.46. The standard InChI is InChI=1S/C13H31O20P5/c1-8(2)9(3,29-34(14,15)16)11(5,31-36(20,21)22)13(7,33-38(26,27)28)12(6,32-37(23,24)25)10(8,4)30-35(17,18)19/h1-7H3,(H2,14,15,16)(H2,17,18,19)(H2,20,21,22)(H2,23,24,25)(H2,26,27,28). The van der Waals surface area contributed by atoms with E-state index in [-0.39, 0.29) is 0 Å². The van der Waals surface area contributed by atoms with Crippen molar-refractivity contribution in [3.63, 3.8) is 0 Å². The predicted octanol–water partition coefficient (Wildman–Crippen LogP) is 0.366. The minimum absolute atomic E-state index is 0.467. The second kappa shape index (κ2) is 9.80. The van der Waals surface area contributed by atoms with Crippen LogP contribution in [0.3, 0.4) is 0 Å². The van der Waals surface area contributed by atoms with Crippen LogP contribution < -0.4 is 0 Å². The lowest BCUT2D eigenvalue weighted by Crippen LogP contribution is -2.90. The fraction of sp³-hybridized carbons (Fsp3) is 1.00. The van der Waals surface area contributed by atoms with Crippen LogP contribution in [0.5, 0.6) is 0 Å². The number of phosphoric acid groups is 5. The molecule has 10 N–H and O–H groups in total. The first-order valence-electron chi connectivity index (χ1n) is 9.85. The number of hydrogen-bond donors (Lipinski definition) is 10. The topological polar surface area (TPSA) is 334 Å². The first kappa shape index (κ1) is 36.6. The molecule has 0 spiro atoms. The van der Waals surface area contributed by atoms with Gasteiger partial charge in [-0.25, -0.2) is 22.8 Å². The Labute approximate surface area is 215 Å².